The predicted molar refractivity (Wildman–Crippen MR) is 159 cm³/mol. The lowest BCUT2D eigenvalue weighted by atomic mass is 9.74. The monoisotopic (exact) mass is 588 g/mol. The molecule has 202 valence electrons. The maximum absolute atomic E-state index is 13.5. The van der Waals surface area contributed by atoms with Crippen LogP contribution in [-0.2, 0) is 15.4 Å². The number of hydrogen-bond donors (Lipinski definition) is 0. The molecule has 1 atom stereocenters. The molecule has 0 N–H and O–H groups in total. The highest BCUT2D eigenvalue weighted by Crippen LogP contribution is 2.49. The van der Waals surface area contributed by atoms with E-state index in [0.717, 1.165) is 44.5 Å². The summed E-state index contributed by atoms with van der Waals surface area (Å²) in [6.45, 7) is 5.73. The number of halogens is 2. The number of sulfonamides is 1. The summed E-state index contributed by atoms with van der Waals surface area (Å²) in [4.78, 5) is 4.31. The molecule has 0 amide bonds. The molecule has 0 bridgehead atoms. The third-order valence-corrected chi connectivity index (χ3v) is 12.2. The van der Waals surface area contributed by atoms with Gasteiger partial charge in [-0.15, -0.1) is 11.8 Å². The molecule has 0 aliphatic carbocycles. The fraction of sp³-hybridized carbons (Fsp3) is 0.400. The number of benzene rings is 3. The third kappa shape index (κ3) is 5.81. The van der Waals surface area contributed by atoms with Crippen LogP contribution in [0.4, 0.5) is 0 Å². The lowest BCUT2D eigenvalue weighted by Gasteiger charge is -2.40. The quantitative estimate of drug-likeness (QED) is 0.262. The van der Waals surface area contributed by atoms with Crippen LogP contribution in [0.15, 0.2) is 82.6 Å². The van der Waals surface area contributed by atoms with Crippen LogP contribution in [0.25, 0.3) is 0 Å². The van der Waals surface area contributed by atoms with Gasteiger partial charge in [-0.1, -0.05) is 72.6 Å². The van der Waals surface area contributed by atoms with E-state index in [1.54, 1.807) is 28.6 Å². The molecule has 5 rings (SSSR count). The summed E-state index contributed by atoms with van der Waals surface area (Å²) < 4.78 is 28.5. The maximum atomic E-state index is 13.5. The number of thioether (sulfide) groups is 1. The topological polar surface area (TPSA) is 40.6 Å². The first-order chi connectivity index (χ1) is 18.3. The fourth-order valence-electron chi connectivity index (χ4n) is 5.80. The molecular weight excluding hydrogens is 555 g/mol. The Morgan fingerprint density at radius 1 is 0.974 bits per heavy atom. The van der Waals surface area contributed by atoms with Crippen molar-refractivity contribution in [1.82, 2.24) is 9.21 Å². The zero-order valence-corrected chi connectivity index (χ0v) is 24.8. The molecule has 3 aromatic carbocycles. The zero-order valence-electron chi connectivity index (χ0n) is 21.7. The van der Waals surface area contributed by atoms with Crippen molar-refractivity contribution in [2.24, 2.45) is 0 Å². The summed E-state index contributed by atoms with van der Waals surface area (Å²) in [6, 6.07) is 23.3. The maximum Gasteiger partial charge on any atom is 0.243 e. The van der Waals surface area contributed by atoms with Crippen molar-refractivity contribution in [1.29, 1.82) is 0 Å². The van der Waals surface area contributed by atoms with Crippen LogP contribution in [0.2, 0.25) is 10.0 Å². The Bertz CT molecular complexity index is 1360. The number of likely N-dealkylation sites (tertiary alicyclic amines) is 1. The summed E-state index contributed by atoms with van der Waals surface area (Å²) >= 11 is 14.6. The lowest BCUT2D eigenvalue weighted by molar-refractivity contribution is 0.165. The van der Waals surface area contributed by atoms with Gasteiger partial charge < -0.3 is 4.90 Å². The molecule has 8 heteroatoms. The second kappa shape index (κ2) is 11.9. The predicted octanol–water partition coefficient (Wildman–Crippen LogP) is 7.32. The summed E-state index contributed by atoms with van der Waals surface area (Å²) in [5, 5.41) is 1.01. The first-order valence-electron chi connectivity index (χ1n) is 13.3. The van der Waals surface area contributed by atoms with Crippen molar-refractivity contribution in [3.05, 3.63) is 94.0 Å². The van der Waals surface area contributed by atoms with Gasteiger partial charge >= 0.3 is 0 Å². The molecule has 0 unspecified atom stereocenters. The Balaban J connectivity index is 1.30. The number of fused-ring (bicyclic) bond motifs is 2. The largest absolute Gasteiger partial charge is 0.303 e. The molecule has 2 aliphatic heterocycles. The number of piperidine rings is 1. The molecular formula is C30H34Cl2N2O2S2. The average molecular weight is 590 g/mol. The van der Waals surface area contributed by atoms with Crippen LogP contribution in [-0.4, -0.2) is 56.1 Å². The van der Waals surface area contributed by atoms with Gasteiger partial charge in [0.15, 0.2) is 0 Å². The molecule has 0 saturated carbocycles. The number of hydrogen-bond acceptors (Lipinski definition) is 4. The minimum atomic E-state index is -3.60. The summed E-state index contributed by atoms with van der Waals surface area (Å²) in [5.74, 6) is 1.18. The van der Waals surface area contributed by atoms with Crippen LogP contribution >= 0.6 is 35.0 Å². The highest BCUT2D eigenvalue weighted by Gasteiger charge is 2.41. The van der Waals surface area contributed by atoms with Gasteiger partial charge in [-0.05, 0) is 86.3 Å². The van der Waals surface area contributed by atoms with Crippen LogP contribution < -0.4 is 0 Å². The van der Waals surface area contributed by atoms with E-state index in [4.69, 9.17) is 23.2 Å². The highest BCUT2D eigenvalue weighted by atomic mass is 35.5. The Kier molecular flexibility index (Phi) is 8.78. The Labute approximate surface area is 241 Å². The van der Waals surface area contributed by atoms with Gasteiger partial charge in [0.2, 0.25) is 10.0 Å². The van der Waals surface area contributed by atoms with Gasteiger partial charge in [-0.25, -0.2) is 8.42 Å². The van der Waals surface area contributed by atoms with E-state index in [0.29, 0.717) is 33.4 Å². The zero-order chi connectivity index (χ0) is 26.8. The summed E-state index contributed by atoms with van der Waals surface area (Å²) in [7, 11) is -3.60. The second-order valence-electron chi connectivity index (χ2n) is 10.3. The molecule has 4 nitrogen and oxygen atoms in total. The number of likely N-dealkylation sites (N-methyl/N-ethyl adjacent to an activating group) is 1. The fourth-order valence-corrected chi connectivity index (χ4v) is 9.11. The van der Waals surface area contributed by atoms with Crippen molar-refractivity contribution in [3.63, 3.8) is 0 Å². The molecule has 1 saturated heterocycles. The molecule has 0 aromatic heterocycles. The highest BCUT2D eigenvalue weighted by molar-refractivity contribution is 7.99. The molecule has 1 fully saturated rings. The van der Waals surface area contributed by atoms with Crippen molar-refractivity contribution in [2.45, 2.75) is 47.3 Å². The molecule has 38 heavy (non-hydrogen) atoms. The van der Waals surface area contributed by atoms with Gasteiger partial charge in [0, 0.05) is 29.2 Å². The van der Waals surface area contributed by atoms with E-state index in [1.165, 1.54) is 16.2 Å². The van der Waals surface area contributed by atoms with Crippen molar-refractivity contribution in [3.8, 4) is 0 Å². The molecule has 1 spiro atoms. The Morgan fingerprint density at radius 2 is 1.68 bits per heavy atom. The van der Waals surface area contributed by atoms with E-state index in [2.05, 4.69) is 29.2 Å². The number of rotatable bonds is 9. The molecule has 3 aromatic rings. The van der Waals surface area contributed by atoms with Crippen molar-refractivity contribution in [2.75, 3.05) is 38.5 Å². The first kappa shape index (κ1) is 28.0. The molecule has 2 heterocycles. The lowest BCUT2D eigenvalue weighted by Crippen LogP contribution is -2.43. The van der Waals surface area contributed by atoms with Crippen molar-refractivity contribution >= 4 is 45.0 Å². The van der Waals surface area contributed by atoms with Crippen LogP contribution in [0.1, 0.15) is 43.2 Å². The van der Waals surface area contributed by atoms with Crippen molar-refractivity contribution < 1.29 is 8.42 Å². The molecule has 0 radical (unpaired) electrons. The third-order valence-electron chi connectivity index (χ3n) is 8.14. The average Bonchev–Trinajstić information content (AvgIpc) is 3.30. The normalized spacial score (nSPS) is 18.1. The smallest absolute Gasteiger partial charge is 0.243 e. The standard InChI is InChI=1S/C30H34Cl2N2O2S2/c1-2-34(38(35,36)25-8-4-3-5-9-25)21-24(23-12-13-27(31)28(32)20-23)14-17-33-18-15-30(16-19-33)22-37-29-11-7-6-10-26(29)30/h3-13,20,24H,2,14-19,21-22H2,1H3/t24-/m1/s1. The van der Waals surface area contributed by atoms with E-state index in [-0.39, 0.29) is 5.92 Å². The van der Waals surface area contributed by atoms with E-state index in [9.17, 15) is 8.42 Å². The SMILES string of the molecule is CCN(C[C@@H](CCN1CCC2(CC1)CSc1ccccc12)c1ccc(Cl)c(Cl)c1)S(=O)(=O)c1ccccc1. The molecule has 2 aliphatic rings. The van der Waals surface area contributed by atoms with Gasteiger partial charge in [0.25, 0.3) is 0 Å². The van der Waals surface area contributed by atoms with Crippen LogP contribution in [0, 0.1) is 0 Å². The van der Waals surface area contributed by atoms with E-state index in [1.807, 2.05) is 43.0 Å². The number of nitrogens with zero attached hydrogens (tertiary/aromatic N) is 2. The van der Waals surface area contributed by atoms with Gasteiger partial charge in [0.05, 0.1) is 14.9 Å². The summed E-state index contributed by atoms with van der Waals surface area (Å²) in [5.41, 5.74) is 2.85. The minimum Gasteiger partial charge on any atom is -0.303 e. The van der Waals surface area contributed by atoms with E-state index >= 15 is 0 Å². The van der Waals surface area contributed by atoms with Gasteiger partial charge in [-0.2, -0.15) is 4.31 Å². The second-order valence-corrected chi connectivity index (χ2v) is 14.1. The first-order valence-corrected chi connectivity index (χ1v) is 16.5. The summed E-state index contributed by atoms with van der Waals surface area (Å²) in [6.07, 6.45) is 3.17. The Hall–Kier alpha value is -1.54. The van der Waals surface area contributed by atoms with Gasteiger partial charge in [-0.3, -0.25) is 0 Å². The Morgan fingerprint density at radius 3 is 2.39 bits per heavy atom. The minimum absolute atomic E-state index is 0.00172. The van der Waals surface area contributed by atoms with Crippen LogP contribution in [0.3, 0.4) is 0 Å². The van der Waals surface area contributed by atoms with Crippen LogP contribution in [0.5, 0.6) is 0 Å². The van der Waals surface area contributed by atoms with E-state index < -0.39 is 10.0 Å². The van der Waals surface area contributed by atoms with Gasteiger partial charge in [0.1, 0.15) is 0 Å².